The highest BCUT2D eigenvalue weighted by atomic mass is 32.2. The van der Waals surface area contributed by atoms with E-state index in [1.54, 1.807) is 38.1 Å². The number of rotatable bonds is 9. The molecule has 53 heavy (non-hydrogen) atoms. The van der Waals surface area contributed by atoms with Crippen LogP contribution in [0.2, 0.25) is 0 Å². The number of anilines is 3. The number of ether oxygens (including phenoxy) is 1. The molecule has 0 bridgehead atoms. The molecular formula is C46H39N3O3S. The largest absolute Gasteiger partial charge is 0.480 e. The van der Waals surface area contributed by atoms with Crippen LogP contribution in [0.3, 0.4) is 0 Å². The lowest BCUT2D eigenvalue weighted by Gasteiger charge is -2.32. The monoisotopic (exact) mass is 713 g/mol. The second-order valence-electron chi connectivity index (χ2n) is 13.8. The molecule has 0 radical (unpaired) electrons. The van der Waals surface area contributed by atoms with Crippen molar-refractivity contribution in [2.45, 2.75) is 56.4 Å². The highest BCUT2D eigenvalue weighted by molar-refractivity contribution is 7.95. The van der Waals surface area contributed by atoms with Crippen molar-refractivity contribution in [1.29, 1.82) is 10.5 Å². The number of para-hydroxylation sites is 2. The molecule has 0 aromatic heterocycles. The first-order chi connectivity index (χ1) is 25.6. The second kappa shape index (κ2) is 13.8. The minimum atomic E-state index is -4.16. The lowest BCUT2D eigenvalue weighted by Crippen LogP contribution is -2.23. The van der Waals surface area contributed by atoms with Crippen LogP contribution >= 0.6 is 0 Å². The molecule has 0 N–H and O–H groups in total. The molecule has 1 aliphatic heterocycles. The van der Waals surface area contributed by atoms with Gasteiger partial charge in [-0.3, -0.25) is 0 Å². The smallest absolute Gasteiger partial charge is 0.210 e. The molecule has 0 spiro atoms. The van der Waals surface area contributed by atoms with E-state index < -0.39 is 15.4 Å². The van der Waals surface area contributed by atoms with Crippen LogP contribution in [0.5, 0.6) is 0 Å². The molecule has 0 atom stereocenters. The lowest BCUT2D eigenvalue weighted by atomic mass is 9.73. The summed E-state index contributed by atoms with van der Waals surface area (Å²) < 4.78 is 34.4. The summed E-state index contributed by atoms with van der Waals surface area (Å²) in [7, 11) is -4.16. The maximum atomic E-state index is 14.2. The van der Waals surface area contributed by atoms with Gasteiger partial charge in [0, 0.05) is 28.1 Å². The van der Waals surface area contributed by atoms with Crippen molar-refractivity contribution in [3.8, 4) is 23.3 Å². The molecule has 0 fully saturated rings. The number of hydrogen-bond donors (Lipinski definition) is 0. The van der Waals surface area contributed by atoms with Crippen molar-refractivity contribution in [2.75, 3.05) is 4.90 Å². The summed E-state index contributed by atoms with van der Waals surface area (Å²) in [6, 6.07) is 45.7. The Morgan fingerprint density at radius 1 is 0.698 bits per heavy atom. The zero-order chi connectivity index (χ0) is 37.4. The van der Waals surface area contributed by atoms with Crippen molar-refractivity contribution in [3.05, 3.63) is 172 Å². The third-order valence-corrected chi connectivity index (χ3v) is 12.4. The number of nitrogens with zero attached hydrogens (tertiary/aromatic N) is 3. The Morgan fingerprint density at radius 3 is 1.77 bits per heavy atom. The molecular weight excluding hydrogens is 675 g/mol. The van der Waals surface area contributed by atoms with Gasteiger partial charge in [-0.2, -0.15) is 10.5 Å². The molecule has 1 aliphatic carbocycles. The lowest BCUT2D eigenvalue weighted by molar-refractivity contribution is 0.0956. The molecule has 0 saturated heterocycles. The highest BCUT2D eigenvalue weighted by Gasteiger charge is 2.45. The van der Waals surface area contributed by atoms with E-state index in [4.69, 9.17) is 4.74 Å². The van der Waals surface area contributed by atoms with Gasteiger partial charge in [0.15, 0.2) is 11.3 Å². The van der Waals surface area contributed by atoms with Gasteiger partial charge in [0.05, 0.1) is 4.90 Å². The quantitative estimate of drug-likeness (QED) is 0.141. The summed E-state index contributed by atoms with van der Waals surface area (Å²) in [5.41, 5.74) is 7.66. The Kier molecular flexibility index (Phi) is 9.16. The van der Waals surface area contributed by atoms with Crippen molar-refractivity contribution in [1.82, 2.24) is 0 Å². The fraction of sp³-hybridized carbons (Fsp3) is 0.174. The van der Waals surface area contributed by atoms with E-state index in [0.717, 1.165) is 35.5 Å². The van der Waals surface area contributed by atoms with E-state index in [2.05, 4.69) is 104 Å². The average molecular weight is 714 g/mol. The Labute approximate surface area is 312 Å². The van der Waals surface area contributed by atoms with Gasteiger partial charge in [-0.25, -0.2) is 8.42 Å². The summed E-state index contributed by atoms with van der Waals surface area (Å²) in [4.78, 5) is 2.18. The number of allylic oxidation sites excluding steroid dienone is 1. The third-order valence-electron chi connectivity index (χ3n) is 10.5. The van der Waals surface area contributed by atoms with Gasteiger partial charge in [0.25, 0.3) is 0 Å². The van der Waals surface area contributed by atoms with Crippen LogP contribution in [-0.4, -0.2) is 14.0 Å². The molecule has 7 heteroatoms. The van der Waals surface area contributed by atoms with Gasteiger partial charge in [-0.05, 0) is 103 Å². The summed E-state index contributed by atoms with van der Waals surface area (Å²) in [5.74, 6) is -0.222. The van der Waals surface area contributed by atoms with Crippen molar-refractivity contribution < 1.29 is 13.2 Å². The summed E-state index contributed by atoms with van der Waals surface area (Å²) in [5, 5.41) is 19.6. The van der Waals surface area contributed by atoms with E-state index >= 15 is 0 Å². The molecule has 0 saturated carbocycles. The fourth-order valence-electron chi connectivity index (χ4n) is 7.84. The summed E-state index contributed by atoms with van der Waals surface area (Å²) >= 11 is 0. The number of benzene rings is 5. The first kappa shape index (κ1) is 35.3. The zero-order valence-corrected chi connectivity index (χ0v) is 31.0. The highest BCUT2D eigenvalue weighted by Crippen LogP contribution is 2.54. The predicted molar refractivity (Wildman–Crippen MR) is 211 cm³/mol. The van der Waals surface area contributed by atoms with E-state index in [0.29, 0.717) is 5.57 Å². The molecule has 5 aromatic rings. The van der Waals surface area contributed by atoms with E-state index in [9.17, 15) is 18.9 Å². The minimum absolute atomic E-state index is 0.0540. The first-order valence-electron chi connectivity index (χ1n) is 17.8. The first-order valence-corrected chi connectivity index (χ1v) is 19.2. The second-order valence-corrected chi connectivity index (χ2v) is 15.6. The number of hydrogen-bond acceptors (Lipinski definition) is 6. The Balaban J connectivity index is 1.35. The Bertz CT molecular complexity index is 2440. The Morgan fingerprint density at radius 2 is 1.23 bits per heavy atom. The van der Waals surface area contributed by atoms with Crippen LogP contribution in [0, 0.1) is 22.7 Å². The van der Waals surface area contributed by atoms with E-state index in [1.807, 2.05) is 30.3 Å². The molecule has 0 amide bonds. The van der Waals surface area contributed by atoms with Crippen LogP contribution in [0.1, 0.15) is 57.2 Å². The van der Waals surface area contributed by atoms with E-state index in [1.165, 1.54) is 34.4 Å². The number of fused-ring (bicyclic) bond motifs is 3. The van der Waals surface area contributed by atoms with Gasteiger partial charge >= 0.3 is 0 Å². The van der Waals surface area contributed by atoms with Crippen LogP contribution in [0.4, 0.5) is 17.1 Å². The van der Waals surface area contributed by atoms with Crippen molar-refractivity contribution in [3.63, 3.8) is 0 Å². The van der Waals surface area contributed by atoms with Gasteiger partial charge < -0.3 is 9.64 Å². The topological polar surface area (TPSA) is 94.2 Å². The molecule has 7 rings (SSSR count). The van der Waals surface area contributed by atoms with Crippen LogP contribution in [0.25, 0.3) is 17.2 Å². The molecule has 0 unspecified atom stereocenters. The number of nitriles is 2. The van der Waals surface area contributed by atoms with Gasteiger partial charge in [0.1, 0.15) is 22.6 Å². The summed E-state index contributed by atoms with van der Waals surface area (Å²) in [6.07, 6.45) is 5.44. The maximum absolute atomic E-state index is 14.2. The average Bonchev–Trinajstić information content (AvgIpc) is 3.62. The molecule has 262 valence electrons. The predicted octanol–water partition coefficient (Wildman–Crippen LogP) is 11.1. The Hall–Kier alpha value is -6.15. The molecule has 1 heterocycles. The van der Waals surface area contributed by atoms with E-state index in [-0.39, 0.29) is 26.5 Å². The van der Waals surface area contributed by atoms with Gasteiger partial charge in [-0.1, -0.05) is 105 Å². The SMILES string of the molecule is CCC1(CC)c2cc(/C=C/C3=C(S(=O)(=O)c4ccccc4)C(=C(C#N)C#N)OC3(C)C)ccc2-c2ccc(N(c3ccccc3)c3ccccc3)cc21. The maximum Gasteiger partial charge on any atom is 0.210 e. The van der Waals surface area contributed by atoms with Crippen molar-refractivity contribution in [2.24, 2.45) is 0 Å². The summed E-state index contributed by atoms with van der Waals surface area (Å²) in [6.45, 7) is 7.97. The molecule has 2 aliphatic rings. The van der Waals surface area contributed by atoms with Crippen LogP contribution < -0.4 is 4.90 Å². The fourth-order valence-corrected chi connectivity index (χ4v) is 9.58. The normalized spacial score (nSPS) is 15.3. The van der Waals surface area contributed by atoms with Crippen molar-refractivity contribution >= 4 is 33.0 Å². The van der Waals surface area contributed by atoms with Gasteiger partial charge in [-0.15, -0.1) is 0 Å². The van der Waals surface area contributed by atoms with Gasteiger partial charge in [0.2, 0.25) is 9.84 Å². The minimum Gasteiger partial charge on any atom is -0.480 e. The zero-order valence-electron chi connectivity index (χ0n) is 30.2. The van der Waals surface area contributed by atoms with Crippen LogP contribution in [0.15, 0.2) is 160 Å². The number of sulfone groups is 1. The van der Waals surface area contributed by atoms with Crippen LogP contribution in [-0.2, 0) is 20.0 Å². The molecule has 6 nitrogen and oxygen atoms in total. The standard InChI is InChI=1S/C46H39N3O3S/c1-5-46(6-2)41-28-32(23-27-40-44(53(50,51)37-20-14-9-15-21-37)43(33(30-47)31-48)52-45(40,3)4)22-25-38(41)39-26-24-36(29-42(39)46)49(34-16-10-7-11-17-34)35-18-12-8-13-19-35/h7-29H,5-6H2,1-4H3/b27-23+. The third kappa shape index (κ3) is 5.94. The molecule has 5 aromatic carbocycles.